The van der Waals surface area contributed by atoms with Gasteiger partial charge in [-0.15, -0.1) is 0 Å². The van der Waals surface area contributed by atoms with Crippen LogP contribution >= 0.6 is 0 Å². The third-order valence-electron chi connectivity index (χ3n) is 2.54. The number of nitrogens with zero attached hydrogens (tertiary/aromatic N) is 1. The van der Waals surface area contributed by atoms with Crippen molar-refractivity contribution in [3.05, 3.63) is 23.5 Å². The van der Waals surface area contributed by atoms with Gasteiger partial charge in [0.05, 0.1) is 5.56 Å². The molecule has 7 heteroatoms. The first-order chi connectivity index (χ1) is 7.76. The summed E-state index contributed by atoms with van der Waals surface area (Å²) in [6.45, 7) is 3.14. The molecule has 17 heavy (non-hydrogen) atoms. The maximum Gasteiger partial charge on any atom is 0.269 e. The van der Waals surface area contributed by atoms with E-state index in [1.165, 1.54) is 0 Å². The second-order valence-electron chi connectivity index (χ2n) is 4.07. The first-order valence-corrected chi connectivity index (χ1v) is 6.38. The first-order valence-electron chi connectivity index (χ1n) is 4.94. The van der Waals surface area contributed by atoms with E-state index in [0.29, 0.717) is 0 Å². The predicted octanol–water partition coefficient (Wildman–Crippen LogP) is 0.172. The highest BCUT2D eigenvalue weighted by molar-refractivity contribution is 7.90. The highest BCUT2D eigenvalue weighted by Gasteiger charge is 2.43. The standard InChI is InChI=1S/C10H9BFNO3S/c1-5(2)13-10(14)6-3-8(12)7(11)4-9(6)17(13,15)16/h3-5H,1-2H3. The van der Waals surface area contributed by atoms with Gasteiger partial charge in [-0.25, -0.2) is 17.1 Å². The van der Waals surface area contributed by atoms with Crippen LogP contribution in [0.25, 0.3) is 0 Å². The molecule has 4 nitrogen and oxygen atoms in total. The number of halogens is 1. The van der Waals surface area contributed by atoms with Crippen LogP contribution in [0.2, 0.25) is 0 Å². The van der Waals surface area contributed by atoms with Gasteiger partial charge in [0.25, 0.3) is 15.9 Å². The monoisotopic (exact) mass is 253 g/mol. The number of carbonyl (C=O) groups excluding carboxylic acids is 1. The molecule has 1 aliphatic heterocycles. The van der Waals surface area contributed by atoms with Crippen molar-refractivity contribution >= 4 is 29.2 Å². The minimum atomic E-state index is -3.90. The molecule has 0 saturated heterocycles. The van der Waals surface area contributed by atoms with E-state index in [-0.39, 0.29) is 15.9 Å². The Morgan fingerprint density at radius 2 is 1.94 bits per heavy atom. The first kappa shape index (κ1) is 12.1. The van der Waals surface area contributed by atoms with Gasteiger partial charge < -0.3 is 0 Å². The van der Waals surface area contributed by atoms with Gasteiger partial charge in [0.1, 0.15) is 18.6 Å². The largest absolute Gasteiger partial charge is 0.269 e. The quantitative estimate of drug-likeness (QED) is 0.670. The SMILES string of the molecule is [B]c1cc2c(cc1F)C(=O)N(C(C)C)S2(=O)=O. The Bertz CT molecular complexity index is 612. The maximum atomic E-state index is 13.2. The van der Waals surface area contributed by atoms with Crippen LogP contribution < -0.4 is 5.46 Å². The zero-order valence-electron chi connectivity index (χ0n) is 9.27. The van der Waals surface area contributed by atoms with Crippen molar-refractivity contribution in [3.8, 4) is 0 Å². The lowest BCUT2D eigenvalue weighted by molar-refractivity contribution is 0.0846. The molecular weight excluding hydrogens is 244 g/mol. The van der Waals surface area contributed by atoms with E-state index in [0.717, 1.165) is 16.4 Å². The van der Waals surface area contributed by atoms with Crippen LogP contribution in [-0.4, -0.2) is 32.5 Å². The van der Waals surface area contributed by atoms with Gasteiger partial charge in [-0.1, -0.05) is 5.46 Å². The summed E-state index contributed by atoms with van der Waals surface area (Å²) in [6, 6.07) is 1.33. The lowest BCUT2D eigenvalue weighted by Crippen LogP contribution is -2.36. The molecule has 0 bridgehead atoms. The minimum Gasteiger partial charge on any atom is -0.268 e. The Kier molecular flexibility index (Phi) is 2.54. The second kappa shape index (κ2) is 3.56. The highest BCUT2D eigenvalue weighted by atomic mass is 32.2. The average molecular weight is 253 g/mol. The molecule has 1 amide bonds. The summed E-state index contributed by atoms with van der Waals surface area (Å²) in [4.78, 5) is 11.6. The Balaban J connectivity index is 2.76. The van der Waals surface area contributed by atoms with Crippen LogP contribution in [0.3, 0.4) is 0 Å². The molecule has 0 aliphatic carbocycles. The lowest BCUT2D eigenvalue weighted by atomic mass is 9.94. The smallest absolute Gasteiger partial charge is 0.268 e. The molecule has 2 radical (unpaired) electrons. The van der Waals surface area contributed by atoms with Gasteiger partial charge in [0.2, 0.25) is 0 Å². The normalized spacial score (nSPS) is 17.6. The molecule has 2 rings (SSSR count). The summed E-state index contributed by atoms with van der Waals surface area (Å²) in [7, 11) is 1.41. The average Bonchev–Trinajstić information content (AvgIpc) is 2.37. The fourth-order valence-corrected chi connectivity index (χ4v) is 3.58. The molecule has 1 heterocycles. The van der Waals surface area contributed by atoms with E-state index in [2.05, 4.69) is 0 Å². The molecule has 0 N–H and O–H groups in total. The third kappa shape index (κ3) is 1.57. The van der Waals surface area contributed by atoms with E-state index >= 15 is 0 Å². The molecule has 1 aromatic carbocycles. The summed E-state index contributed by atoms with van der Waals surface area (Å²) in [5.74, 6) is -1.51. The summed E-state index contributed by atoms with van der Waals surface area (Å²) < 4.78 is 38.0. The topological polar surface area (TPSA) is 54.5 Å². The molecule has 0 aromatic heterocycles. The lowest BCUT2D eigenvalue weighted by Gasteiger charge is -2.18. The minimum absolute atomic E-state index is 0.162. The molecule has 1 aromatic rings. The predicted molar refractivity (Wildman–Crippen MR) is 60.3 cm³/mol. The molecule has 0 unspecified atom stereocenters. The number of fused-ring (bicyclic) bond motifs is 1. The van der Waals surface area contributed by atoms with Crippen LogP contribution in [0.15, 0.2) is 17.0 Å². The maximum absolute atomic E-state index is 13.2. The van der Waals surface area contributed by atoms with Gasteiger partial charge in [-0.2, -0.15) is 0 Å². The number of carbonyl (C=O) groups is 1. The number of rotatable bonds is 1. The Labute approximate surface area is 99.9 Å². The van der Waals surface area contributed by atoms with Crippen molar-refractivity contribution in [1.82, 2.24) is 4.31 Å². The molecule has 1 aliphatic rings. The summed E-state index contributed by atoms with van der Waals surface area (Å²) in [5.41, 5.74) is -0.448. The summed E-state index contributed by atoms with van der Waals surface area (Å²) >= 11 is 0. The number of amides is 1. The number of hydrogen-bond acceptors (Lipinski definition) is 3. The van der Waals surface area contributed by atoms with Crippen LogP contribution in [-0.2, 0) is 10.0 Å². The van der Waals surface area contributed by atoms with Crippen molar-refractivity contribution in [3.63, 3.8) is 0 Å². The van der Waals surface area contributed by atoms with Gasteiger partial charge in [0, 0.05) is 6.04 Å². The van der Waals surface area contributed by atoms with Crippen LogP contribution in [0.1, 0.15) is 24.2 Å². The van der Waals surface area contributed by atoms with Gasteiger partial charge in [-0.05, 0) is 26.0 Å². The van der Waals surface area contributed by atoms with E-state index in [4.69, 9.17) is 7.85 Å². The van der Waals surface area contributed by atoms with E-state index < -0.39 is 27.8 Å². The van der Waals surface area contributed by atoms with Crippen LogP contribution in [0, 0.1) is 5.82 Å². The van der Waals surface area contributed by atoms with Gasteiger partial charge in [-0.3, -0.25) is 4.79 Å². The fourth-order valence-electron chi connectivity index (χ4n) is 1.80. The Morgan fingerprint density at radius 1 is 1.35 bits per heavy atom. The van der Waals surface area contributed by atoms with E-state index in [9.17, 15) is 17.6 Å². The van der Waals surface area contributed by atoms with E-state index in [1.54, 1.807) is 13.8 Å². The molecule has 0 atom stereocenters. The summed E-state index contributed by atoms with van der Waals surface area (Å²) in [6.07, 6.45) is 0. The van der Waals surface area contributed by atoms with Gasteiger partial charge in [0.15, 0.2) is 0 Å². The van der Waals surface area contributed by atoms with Crippen LogP contribution in [0.4, 0.5) is 4.39 Å². The van der Waals surface area contributed by atoms with Crippen molar-refractivity contribution in [2.45, 2.75) is 24.8 Å². The van der Waals surface area contributed by atoms with Crippen molar-refractivity contribution in [2.75, 3.05) is 0 Å². The molecule has 0 fully saturated rings. The molecule has 0 spiro atoms. The van der Waals surface area contributed by atoms with Crippen LogP contribution in [0.5, 0.6) is 0 Å². The van der Waals surface area contributed by atoms with Crippen molar-refractivity contribution in [1.29, 1.82) is 0 Å². The van der Waals surface area contributed by atoms with Crippen molar-refractivity contribution < 1.29 is 17.6 Å². The van der Waals surface area contributed by atoms with Crippen molar-refractivity contribution in [2.24, 2.45) is 0 Å². The Hall–Kier alpha value is -1.37. The third-order valence-corrected chi connectivity index (χ3v) is 4.53. The number of sulfonamides is 1. The summed E-state index contributed by atoms with van der Waals surface area (Å²) in [5, 5.41) is 0. The number of benzene rings is 1. The zero-order chi connectivity index (χ0) is 13.0. The molecular formula is C10H9BFNO3S. The zero-order valence-corrected chi connectivity index (χ0v) is 10.1. The molecule has 0 saturated carbocycles. The molecule has 88 valence electrons. The van der Waals surface area contributed by atoms with E-state index in [1.807, 2.05) is 0 Å². The highest BCUT2D eigenvalue weighted by Crippen LogP contribution is 2.31. The Morgan fingerprint density at radius 3 is 2.47 bits per heavy atom. The van der Waals surface area contributed by atoms with Gasteiger partial charge >= 0.3 is 0 Å². The second-order valence-corrected chi connectivity index (χ2v) is 5.85. The fraction of sp³-hybridized carbons (Fsp3) is 0.300. The number of hydrogen-bond donors (Lipinski definition) is 0.